The van der Waals surface area contributed by atoms with Gasteiger partial charge in [0.25, 0.3) is 0 Å². The Bertz CT molecular complexity index is 126. The Labute approximate surface area is 74.5 Å². The smallest absolute Gasteiger partial charge is 0.0962 e. The maximum Gasteiger partial charge on any atom is 0.0962 e. The van der Waals surface area contributed by atoms with Gasteiger partial charge in [-0.05, 0) is 18.8 Å². The zero-order valence-corrected chi connectivity index (χ0v) is 7.98. The van der Waals surface area contributed by atoms with Crippen LogP contribution in [-0.2, 0) is 0 Å². The van der Waals surface area contributed by atoms with Crippen molar-refractivity contribution in [2.24, 2.45) is 17.1 Å². The van der Waals surface area contributed by atoms with E-state index in [1.807, 2.05) is 6.92 Å². The van der Waals surface area contributed by atoms with Crippen molar-refractivity contribution in [1.29, 1.82) is 0 Å². The van der Waals surface area contributed by atoms with Gasteiger partial charge in [-0.3, -0.25) is 4.39 Å². The topological polar surface area (TPSA) is 26.0 Å². The van der Waals surface area contributed by atoms with Crippen molar-refractivity contribution in [1.82, 2.24) is 0 Å². The molecule has 2 N–H and O–H groups in total. The van der Waals surface area contributed by atoms with Crippen LogP contribution in [0.2, 0.25) is 0 Å². The van der Waals surface area contributed by atoms with Crippen LogP contribution in [0.4, 0.5) is 4.39 Å². The fourth-order valence-corrected chi connectivity index (χ4v) is 2.13. The predicted molar refractivity (Wildman–Crippen MR) is 49.7 cm³/mol. The monoisotopic (exact) mass is 173 g/mol. The minimum Gasteiger partial charge on any atom is -0.330 e. The molecule has 1 rings (SSSR count). The van der Waals surface area contributed by atoms with Gasteiger partial charge >= 0.3 is 0 Å². The first-order chi connectivity index (χ1) is 5.73. The Morgan fingerprint density at radius 2 is 1.92 bits per heavy atom. The molecular formula is C10H20FN. The average Bonchev–Trinajstić information content (AvgIpc) is 2.18. The lowest BCUT2D eigenvalue weighted by molar-refractivity contribution is 0.108. The van der Waals surface area contributed by atoms with Crippen molar-refractivity contribution < 1.29 is 4.39 Å². The van der Waals surface area contributed by atoms with Gasteiger partial charge in [-0.15, -0.1) is 0 Å². The van der Waals surface area contributed by atoms with Gasteiger partial charge in [-0.25, -0.2) is 0 Å². The minimum absolute atomic E-state index is 0.236. The maximum absolute atomic E-state index is 12.7. The van der Waals surface area contributed by atoms with Gasteiger partial charge in [0, 0.05) is 12.0 Å². The van der Waals surface area contributed by atoms with Crippen molar-refractivity contribution in [3.8, 4) is 0 Å². The van der Waals surface area contributed by atoms with Crippen LogP contribution in [0.3, 0.4) is 0 Å². The molecule has 1 unspecified atom stereocenters. The summed E-state index contributed by atoms with van der Waals surface area (Å²) in [6.45, 7) is 2.23. The van der Waals surface area contributed by atoms with Gasteiger partial charge in [-0.2, -0.15) is 0 Å². The standard InChI is InChI=1S/C10H20FN/c1-10(7-11,8-12)9-5-3-2-4-6-9/h9H,2-8,12H2,1H3. The largest absolute Gasteiger partial charge is 0.330 e. The van der Waals surface area contributed by atoms with Crippen molar-refractivity contribution >= 4 is 0 Å². The van der Waals surface area contributed by atoms with Gasteiger partial charge in [0.05, 0.1) is 6.67 Å². The lowest BCUT2D eigenvalue weighted by Crippen LogP contribution is -2.38. The van der Waals surface area contributed by atoms with Gasteiger partial charge in [0.15, 0.2) is 0 Å². The number of alkyl halides is 1. The summed E-state index contributed by atoms with van der Waals surface area (Å²) in [5, 5.41) is 0. The maximum atomic E-state index is 12.7. The highest BCUT2D eigenvalue weighted by Crippen LogP contribution is 2.37. The fourth-order valence-electron chi connectivity index (χ4n) is 2.13. The third-order valence-electron chi connectivity index (χ3n) is 3.36. The number of hydrogen-bond acceptors (Lipinski definition) is 1. The summed E-state index contributed by atoms with van der Waals surface area (Å²) in [5.74, 6) is 0.529. The van der Waals surface area contributed by atoms with Gasteiger partial charge in [-0.1, -0.05) is 26.2 Å². The summed E-state index contributed by atoms with van der Waals surface area (Å²) >= 11 is 0. The van der Waals surface area contributed by atoms with Crippen LogP contribution >= 0.6 is 0 Å². The molecule has 0 bridgehead atoms. The van der Waals surface area contributed by atoms with Gasteiger partial charge in [0.1, 0.15) is 0 Å². The summed E-state index contributed by atoms with van der Waals surface area (Å²) < 4.78 is 12.7. The van der Waals surface area contributed by atoms with Crippen molar-refractivity contribution in [3.05, 3.63) is 0 Å². The van der Waals surface area contributed by atoms with E-state index in [2.05, 4.69) is 0 Å². The molecule has 0 aliphatic heterocycles. The molecule has 0 amide bonds. The second-order valence-electron chi connectivity index (χ2n) is 4.33. The SMILES string of the molecule is CC(CN)(CF)C1CCCCC1. The summed E-state index contributed by atoms with van der Waals surface area (Å²) in [6, 6.07) is 0. The highest BCUT2D eigenvalue weighted by Gasteiger charge is 2.33. The highest BCUT2D eigenvalue weighted by atomic mass is 19.1. The van der Waals surface area contributed by atoms with Gasteiger partial charge < -0.3 is 5.73 Å². The number of hydrogen-bond donors (Lipinski definition) is 1. The molecule has 0 spiro atoms. The van der Waals surface area contributed by atoms with Crippen molar-refractivity contribution in [3.63, 3.8) is 0 Å². The Balaban J connectivity index is 2.51. The first kappa shape index (κ1) is 9.97. The third-order valence-corrected chi connectivity index (χ3v) is 3.36. The fraction of sp³-hybridized carbons (Fsp3) is 1.00. The van der Waals surface area contributed by atoms with E-state index in [0.717, 1.165) is 0 Å². The van der Waals surface area contributed by atoms with E-state index in [0.29, 0.717) is 12.5 Å². The van der Waals surface area contributed by atoms with E-state index in [-0.39, 0.29) is 12.1 Å². The number of nitrogens with two attached hydrogens (primary N) is 1. The Morgan fingerprint density at radius 1 is 1.33 bits per heavy atom. The quantitative estimate of drug-likeness (QED) is 0.697. The zero-order valence-electron chi connectivity index (χ0n) is 7.98. The first-order valence-electron chi connectivity index (χ1n) is 4.99. The van der Waals surface area contributed by atoms with Crippen LogP contribution in [0.5, 0.6) is 0 Å². The van der Waals surface area contributed by atoms with E-state index in [9.17, 15) is 4.39 Å². The summed E-state index contributed by atoms with van der Waals surface area (Å²) in [4.78, 5) is 0. The second-order valence-corrected chi connectivity index (χ2v) is 4.33. The molecule has 0 aromatic rings. The molecule has 0 radical (unpaired) electrons. The Kier molecular flexibility index (Phi) is 3.51. The number of rotatable bonds is 3. The molecule has 0 saturated heterocycles. The Hall–Kier alpha value is -0.110. The zero-order chi connectivity index (χ0) is 9.03. The molecule has 0 heterocycles. The first-order valence-corrected chi connectivity index (χ1v) is 4.99. The molecule has 1 saturated carbocycles. The minimum atomic E-state index is -0.256. The van der Waals surface area contributed by atoms with E-state index < -0.39 is 0 Å². The lowest BCUT2D eigenvalue weighted by Gasteiger charge is -2.36. The van der Waals surface area contributed by atoms with E-state index in [1.54, 1.807) is 0 Å². The molecule has 1 aliphatic rings. The summed E-state index contributed by atoms with van der Waals surface area (Å²) in [7, 11) is 0. The molecule has 1 fully saturated rings. The molecule has 1 atom stereocenters. The lowest BCUT2D eigenvalue weighted by atomic mass is 9.71. The van der Waals surface area contributed by atoms with Crippen LogP contribution < -0.4 is 5.73 Å². The molecule has 72 valence electrons. The molecule has 1 aliphatic carbocycles. The summed E-state index contributed by atoms with van der Waals surface area (Å²) in [6.07, 6.45) is 6.21. The molecule has 1 nitrogen and oxygen atoms in total. The molecule has 0 aromatic carbocycles. The number of halogens is 1. The van der Waals surface area contributed by atoms with E-state index in [1.165, 1.54) is 32.1 Å². The van der Waals surface area contributed by atoms with Crippen LogP contribution in [0.15, 0.2) is 0 Å². The van der Waals surface area contributed by atoms with Gasteiger partial charge in [0.2, 0.25) is 0 Å². The third kappa shape index (κ3) is 1.98. The highest BCUT2D eigenvalue weighted by molar-refractivity contribution is 4.84. The average molecular weight is 173 g/mol. The predicted octanol–water partition coefficient (Wildman–Crippen LogP) is 2.50. The van der Waals surface area contributed by atoms with E-state index >= 15 is 0 Å². The van der Waals surface area contributed by atoms with Crippen LogP contribution in [-0.4, -0.2) is 13.2 Å². The van der Waals surface area contributed by atoms with Crippen molar-refractivity contribution in [2.45, 2.75) is 39.0 Å². The molecule has 12 heavy (non-hydrogen) atoms. The molecular weight excluding hydrogens is 153 g/mol. The van der Waals surface area contributed by atoms with Crippen molar-refractivity contribution in [2.75, 3.05) is 13.2 Å². The molecule has 0 aromatic heterocycles. The van der Waals surface area contributed by atoms with Crippen LogP contribution in [0.25, 0.3) is 0 Å². The van der Waals surface area contributed by atoms with Crippen LogP contribution in [0, 0.1) is 11.3 Å². The van der Waals surface area contributed by atoms with E-state index in [4.69, 9.17) is 5.73 Å². The second kappa shape index (κ2) is 4.22. The van der Waals surface area contributed by atoms with Crippen LogP contribution in [0.1, 0.15) is 39.0 Å². The normalized spacial score (nSPS) is 25.2. The summed E-state index contributed by atoms with van der Waals surface area (Å²) in [5.41, 5.74) is 5.37. The Morgan fingerprint density at radius 3 is 2.33 bits per heavy atom. The molecule has 2 heteroatoms.